The molecular formula is C22H28N2O3S. The molecule has 1 N–H and O–H groups in total. The Kier molecular flexibility index (Phi) is 5.91. The van der Waals surface area contributed by atoms with Crippen molar-refractivity contribution in [3.63, 3.8) is 0 Å². The molecule has 1 saturated heterocycles. The Balaban J connectivity index is 1.86. The van der Waals surface area contributed by atoms with Crippen LogP contribution in [0.4, 0.5) is 5.69 Å². The summed E-state index contributed by atoms with van der Waals surface area (Å²) in [6, 6.07) is 10.7. The van der Waals surface area contributed by atoms with Gasteiger partial charge < -0.3 is 4.90 Å². The van der Waals surface area contributed by atoms with Crippen molar-refractivity contribution in [2.45, 2.75) is 57.9 Å². The van der Waals surface area contributed by atoms with E-state index in [1.165, 1.54) is 5.56 Å². The number of hydrogen-bond donors (Lipinski definition) is 1. The average molecular weight is 401 g/mol. The zero-order valence-corrected chi connectivity index (χ0v) is 17.8. The van der Waals surface area contributed by atoms with Gasteiger partial charge in [-0.3, -0.25) is 4.79 Å². The van der Waals surface area contributed by atoms with Gasteiger partial charge in [0.1, 0.15) is 0 Å². The van der Waals surface area contributed by atoms with E-state index in [-0.39, 0.29) is 16.8 Å². The highest BCUT2D eigenvalue weighted by Gasteiger charge is 2.25. The molecule has 2 aromatic rings. The number of carbonyl (C=O) groups is 1. The van der Waals surface area contributed by atoms with Gasteiger partial charge in [-0.1, -0.05) is 25.1 Å². The number of anilines is 1. The molecule has 5 nitrogen and oxygen atoms in total. The Morgan fingerprint density at radius 1 is 1.04 bits per heavy atom. The van der Waals surface area contributed by atoms with Crippen LogP contribution in [0.25, 0.3) is 0 Å². The summed E-state index contributed by atoms with van der Waals surface area (Å²) in [6.45, 7) is 8.58. The maximum Gasteiger partial charge on any atom is 0.241 e. The molecule has 0 aliphatic carbocycles. The first-order valence-corrected chi connectivity index (χ1v) is 11.2. The second-order valence-electron chi connectivity index (χ2n) is 7.52. The molecule has 3 rings (SSSR count). The van der Waals surface area contributed by atoms with Crippen LogP contribution in [0.15, 0.2) is 41.3 Å². The van der Waals surface area contributed by atoms with Gasteiger partial charge >= 0.3 is 0 Å². The van der Waals surface area contributed by atoms with E-state index in [1.54, 1.807) is 23.1 Å². The summed E-state index contributed by atoms with van der Waals surface area (Å²) in [5.74, 6) is 0.0950. The number of aryl methyl sites for hydroxylation is 3. The molecule has 1 fully saturated rings. The van der Waals surface area contributed by atoms with Crippen molar-refractivity contribution in [2.24, 2.45) is 0 Å². The van der Waals surface area contributed by atoms with Gasteiger partial charge in [-0.2, -0.15) is 0 Å². The normalized spacial score (nSPS) is 15.9. The number of hydrogen-bond acceptors (Lipinski definition) is 3. The van der Waals surface area contributed by atoms with E-state index in [0.29, 0.717) is 19.4 Å². The molecular weight excluding hydrogens is 372 g/mol. The number of sulfonamides is 1. The molecule has 1 aliphatic rings. The molecule has 0 radical (unpaired) electrons. The fraction of sp³-hybridized carbons (Fsp3) is 0.409. The first-order valence-electron chi connectivity index (χ1n) is 9.73. The molecule has 0 bridgehead atoms. The highest BCUT2D eigenvalue weighted by Crippen LogP contribution is 2.28. The fourth-order valence-electron chi connectivity index (χ4n) is 3.62. The first kappa shape index (κ1) is 20.6. The lowest BCUT2D eigenvalue weighted by Crippen LogP contribution is -2.29. The van der Waals surface area contributed by atoms with Crippen molar-refractivity contribution < 1.29 is 13.2 Å². The van der Waals surface area contributed by atoms with Crippen LogP contribution >= 0.6 is 0 Å². The quantitative estimate of drug-likeness (QED) is 0.791. The topological polar surface area (TPSA) is 66.5 Å². The monoisotopic (exact) mass is 400 g/mol. The summed E-state index contributed by atoms with van der Waals surface area (Å²) in [7, 11) is -3.67. The third-order valence-corrected chi connectivity index (χ3v) is 6.95. The maximum absolute atomic E-state index is 13.0. The number of rotatable bonds is 6. The predicted octanol–water partition coefficient (Wildman–Crippen LogP) is 4.17. The molecule has 0 aromatic heterocycles. The zero-order valence-electron chi connectivity index (χ0n) is 17.0. The van der Waals surface area contributed by atoms with E-state index in [1.807, 2.05) is 45.9 Å². The second-order valence-corrected chi connectivity index (χ2v) is 9.24. The highest BCUT2D eigenvalue weighted by atomic mass is 32.2. The number of carbonyl (C=O) groups excluding carboxylic acids is 1. The lowest BCUT2D eigenvalue weighted by molar-refractivity contribution is -0.117. The van der Waals surface area contributed by atoms with Crippen LogP contribution in [0.2, 0.25) is 0 Å². The van der Waals surface area contributed by atoms with Crippen LogP contribution < -0.4 is 9.62 Å². The van der Waals surface area contributed by atoms with Gasteiger partial charge in [0, 0.05) is 24.7 Å². The van der Waals surface area contributed by atoms with E-state index in [2.05, 4.69) is 4.72 Å². The van der Waals surface area contributed by atoms with Crippen LogP contribution in [0.5, 0.6) is 0 Å². The minimum absolute atomic E-state index is 0.0950. The van der Waals surface area contributed by atoms with E-state index in [4.69, 9.17) is 0 Å². The molecule has 1 atom stereocenters. The van der Waals surface area contributed by atoms with E-state index >= 15 is 0 Å². The lowest BCUT2D eigenvalue weighted by atomic mass is 10.0. The van der Waals surface area contributed by atoms with Crippen LogP contribution in [0.1, 0.15) is 54.5 Å². The smallest absolute Gasteiger partial charge is 0.241 e. The zero-order chi connectivity index (χ0) is 20.5. The number of nitrogens with one attached hydrogen (secondary N) is 1. The highest BCUT2D eigenvalue weighted by molar-refractivity contribution is 7.89. The predicted molar refractivity (Wildman–Crippen MR) is 112 cm³/mol. The van der Waals surface area contributed by atoms with Crippen molar-refractivity contribution in [1.82, 2.24) is 4.72 Å². The van der Waals surface area contributed by atoms with Crippen molar-refractivity contribution in [1.29, 1.82) is 0 Å². The largest absolute Gasteiger partial charge is 0.312 e. The summed E-state index contributed by atoms with van der Waals surface area (Å²) in [4.78, 5) is 14.0. The number of benzene rings is 2. The van der Waals surface area contributed by atoms with Gasteiger partial charge in [-0.15, -0.1) is 0 Å². The summed E-state index contributed by atoms with van der Waals surface area (Å²) in [6.07, 6.45) is 2.05. The van der Waals surface area contributed by atoms with Gasteiger partial charge in [-0.25, -0.2) is 13.1 Å². The molecule has 150 valence electrons. The average Bonchev–Trinajstić information content (AvgIpc) is 3.07. The van der Waals surface area contributed by atoms with Crippen LogP contribution in [0.3, 0.4) is 0 Å². The van der Waals surface area contributed by atoms with Gasteiger partial charge in [0.25, 0.3) is 0 Å². The van der Waals surface area contributed by atoms with Gasteiger partial charge in [-0.05, 0) is 74.1 Å². The molecule has 0 unspecified atom stereocenters. The summed E-state index contributed by atoms with van der Waals surface area (Å²) in [5, 5.41) is 0. The maximum atomic E-state index is 13.0. The summed E-state index contributed by atoms with van der Waals surface area (Å²) in [5.41, 5.74) is 4.87. The van der Waals surface area contributed by atoms with E-state index in [9.17, 15) is 13.2 Å². The van der Waals surface area contributed by atoms with Crippen molar-refractivity contribution in [2.75, 3.05) is 11.4 Å². The first-order chi connectivity index (χ1) is 13.2. The standard InChI is InChI=1S/C22H28N2O3S/c1-5-20(18-9-8-15(2)16(3)13-18)23-28(26,27)19-10-11-21(17(4)14-19)24-12-6-7-22(24)25/h8-11,13-14,20,23H,5-7,12H2,1-4H3/t20-/m0/s1. The molecule has 1 aliphatic heterocycles. The Hall–Kier alpha value is -2.18. The Bertz CT molecular complexity index is 999. The molecule has 1 heterocycles. The minimum Gasteiger partial charge on any atom is -0.312 e. The van der Waals surface area contributed by atoms with Crippen molar-refractivity contribution in [3.05, 3.63) is 58.7 Å². The van der Waals surface area contributed by atoms with Crippen molar-refractivity contribution >= 4 is 21.6 Å². The van der Waals surface area contributed by atoms with Crippen LogP contribution in [-0.4, -0.2) is 20.9 Å². The van der Waals surface area contributed by atoms with Crippen molar-refractivity contribution in [3.8, 4) is 0 Å². The van der Waals surface area contributed by atoms with Crippen LogP contribution in [-0.2, 0) is 14.8 Å². The SMILES string of the molecule is CC[C@H](NS(=O)(=O)c1ccc(N2CCCC2=O)c(C)c1)c1ccc(C)c(C)c1. The molecule has 0 spiro atoms. The molecule has 0 saturated carbocycles. The molecule has 6 heteroatoms. The van der Waals surface area contributed by atoms with Gasteiger partial charge in [0.2, 0.25) is 15.9 Å². The van der Waals surface area contributed by atoms with Gasteiger partial charge in [0.15, 0.2) is 0 Å². The third kappa shape index (κ3) is 4.13. The third-order valence-electron chi connectivity index (χ3n) is 5.48. The van der Waals surface area contributed by atoms with Crippen LogP contribution in [0, 0.1) is 20.8 Å². The van der Waals surface area contributed by atoms with Gasteiger partial charge in [0.05, 0.1) is 4.90 Å². The Labute approximate surface area is 167 Å². The molecule has 1 amide bonds. The molecule has 2 aromatic carbocycles. The second kappa shape index (κ2) is 8.05. The minimum atomic E-state index is -3.67. The Morgan fingerprint density at radius 2 is 1.79 bits per heavy atom. The number of amides is 1. The fourth-order valence-corrected chi connectivity index (χ4v) is 5.02. The van der Waals surface area contributed by atoms with E-state index < -0.39 is 10.0 Å². The molecule has 28 heavy (non-hydrogen) atoms. The number of nitrogens with zero attached hydrogens (tertiary/aromatic N) is 1. The summed E-state index contributed by atoms with van der Waals surface area (Å²) < 4.78 is 28.8. The summed E-state index contributed by atoms with van der Waals surface area (Å²) >= 11 is 0. The Morgan fingerprint density at radius 3 is 2.36 bits per heavy atom. The lowest BCUT2D eigenvalue weighted by Gasteiger charge is -2.21. The van der Waals surface area contributed by atoms with E-state index in [0.717, 1.165) is 28.8 Å².